The molecule has 0 bridgehead atoms. The lowest BCUT2D eigenvalue weighted by molar-refractivity contribution is 0.628. The maximum Gasteiger partial charge on any atom is 0.161 e. The number of nitrogens with zero attached hydrogens (tertiary/aromatic N) is 3. The van der Waals surface area contributed by atoms with Gasteiger partial charge in [0, 0.05) is 5.56 Å². The van der Waals surface area contributed by atoms with Crippen LogP contribution in [0, 0.1) is 19.7 Å². The summed E-state index contributed by atoms with van der Waals surface area (Å²) in [5.41, 5.74) is 3.40. The highest BCUT2D eigenvalue weighted by Crippen LogP contribution is 2.35. The highest BCUT2D eigenvalue weighted by atomic mass is 35.5. The van der Waals surface area contributed by atoms with Crippen molar-refractivity contribution in [3.63, 3.8) is 0 Å². The summed E-state index contributed by atoms with van der Waals surface area (Å²) in [4.78, 5) is 4.32. The Hall–Kier alpha value is -1.65. The molecule has 0 atom stereocenters. The molecule has 0 aliphatic carbocycles. The van der Waals surface area contributed by atoms with Crippen LogP contribution in [0.15, 0.2) is 24.3 Å². The van der Waals surface area contributed by atoms with E-state index >= 15 is 0 Å². The van der Waals surface area contributed by atoms with Gasteiger partial charge in [-0.1, -0.05) is 35.3 Å². The van der Waals surface area contributed by atoms with Crippen molar-refractivity contribution in [3.8, 4) is 11.1 Å². The lowest BCUT2D eigenvalue weighted by Crippen LogP contribution is -1.97. The maximum atomic E-state index is 13.4. The number of rotatable bonds is 1. The van der Waals surface area contributed by atoms with Crippen molar-refractivity contribution in [1.82, 2.24) is 14.6 Å². The first-order valence-corrected chi connectivity index (χ1v) is 6.71. The second-order valence-corrected chi connectivity index (χ2v) is 5.24. The Balaban J connectivity index is 2.37. The highest BCUT2D eigenvalue weighted by molar-refractivity contribution is 6.38. The molecule has 2 aromatic heterocycles. The standard InChI is InChI=1S/C14H10Cl2FN3/c1-7-8(2)19-20-13(16)11(12(15)18-14(7)20)9-4-3-5-10(17)6-9/h3-6H,1-2H3. The molecule has 0 aliphatic rings. The fourth-order valence-electron chi connectivity index (χ4n) is 2.08. The number of fused-ring (bicyclic) bond motifs is 1. The number of halogens is 3. The minimum atomic E-state index is -0.359. The lowest BCUT2D eigenvalue weighted by Gasteiger charge is -2.08. The number of aryl methyl sites for hydroxylation is 2. The molecular weight excluding hydrogens is 300 g/mol. The number of hydrogen-bond donors (Lipinski definition) is 0. The Morgan fingerprint density at radius 1 is 1.20 bits per heavy atom. The van der Waals surface area contributed by atoms with Crippen LogP contribution >= 0.6 is 23.2 Å². The van der Waals surface area contributed by atoms with Gasteiger partial charge < -0.3 is 0 Å². The van der Waals surface area contributed by atoms with Crippen LogP contribution in [0.2, 0.25) is 10.3 Å². The van der Waals surface area contributed by atoms with Crippen molar-refractivity contribution < 1.29 is 4.39 Å². The highest BCUT2D eigenvalue weighted by Gasteiger charge is 2.18. The molecule has 0 N–H and O–H groups in total. The molecule has 3 aromatic rings. The van der Waals surface area contributed by atoms with Crippen molar-refractivity contribution in [3.05, 3.63) is 51.6 Å². The predicted molar refractivity (Wildman–Crippen MR) is 77.9 cm³/mol. The van der Waals surface area contributed by atoms with Gasteiger partial charge in [-0.25, -0.2) is 13.9 Å². The summed E-state index contributed by atoms with van der Waals surface area (Å²) < 4.78 is 14.9. The number of benzene rings is 1. The summed E-state index contributed by atoms with van der Waals surface area (Å²) in [6.07, 6.45) is 0. The summed E-state index contributed by atoms with van der Waals surface area (Å²) in [5, 5.41) is 4.89. The van der Waals surface area contributed by atoms with Crippen molar-refractivity contribution in [2.75, 3.05) is 0 Å². The Labute approximate surface area is 125 Å². The quantitative estimate of drug-likeness (QED) is 0.621. The molecule has 3 nitrogen and oxygen atoms in total. The third kappa shape index (κ3) is 1.96. The molecule has 20 heavy (non-hydrogen) atoms. The van der Waals surface area contributed by atoms with Crippen molar-refractivity contribution in [1.29, 1.82) is 0 Å². The van der Waals surface area contributed by atoms with E-state index in [1.54, 1.807) is 12.1 Å². The van der Waals surface area contributed by atoms with Crippen LogP contribution in [-0.2, 0) is 0 Å². The van der Waals surface area contributed by atoms with E-state index < -0.39 is 0 Å². The predicted octanol–water partition coefficient (Wildman–Crippen LogP) is 4.46. The molecule has 6 heteroatoms. The molecule has 0 spiro atoms. The molecule has 0 fully saturated rings. The minimum absolute atomic E-state index is 0.233. The third-order valence-corrected chi connectivity index (χ3v) is 3.87. The van der Waals surface area contributed by atoms with Gasteiger partial charge in [0.2, 0.25) is 0 Å². The van der Waals surface area contributed by atoms with Gasteiger partial charge in [-0.3, -0.25) is 0 Å². The second-order valence-electron chi connectivity index (χ2n) is 4.52. The minimum Gasteiger partial charge on any atom is -0.216 e. The Morgan fingerprint density at radius 3 is 2.65 bits per heavy atom. The van der Waals surface area contributed by atoms with E-state index in [0.29, 0.717) is 21.9 Å². The van der Waals surface area contributed by atoms with E-state index in [-0.39, 0.29) is 11.0 Å². The molecule has 0 unspecified atom stereocenters. The van der Waals surface area contributed by atoms with Gasteiger partial charge in [-0.05, 0) is 31.5 Å². The zero-order valence-corrected chi connectivity index (χ0v) is 12.3. The summed E-state index contributed by atoms with van der Waals surface area (Å²) in [5.74, 6) is -0.359. The zero-order valence-electron chi connectivity index (χ0n) is 10.8. The van der Waals surface area contributed by atoms with Crippen molar-refractivity contribution >= 4 is 28.8 Å². The Kier molecular flexibility index (Phi) is 3.15. The van der Waals surface area contributed by atoms with E-state index in [0.717, 1.165) is 11.3 Å². The summed E-state index contributed by atoms with van der Waals surface area (Å²) >= 11 is 12.6. The van der Waals surface area contributed by atoms with Crippen LogP contribution in [0.3, 0.4) is 0 Å². The molecule has 3 rings (SSSR count). The van der Waals surface area contributed by atoms with Gasteiger partial charge in [0.15, 0.2) is 5.65 Å². The van der Waals surface area contributed by atoms with Gasteiger partial charge in [0.1, 0.15) is 16.1 Å². The molecule has 102 valence electrons. The van der Waals surface area contributed by atoms with Crippen LogP contribution in [0.25, 0.3) is 16.8 Å². The van der Waals surface area contributed by atoms with Gasteiger partial charge in [-0.2, -0.15) is 5.10 Å². The van der Waals surface area contributed by atoms with Gasteiger partial charge in [0.25, 0.3) is 0 Å². The van der Waals surface area contributed by atoms with E-state index in [4.69, 9.17) is 23.2 Å². The SMILES string of the molecule is Cc1nn2c(Cl)c(-c3cccc(F)c3)c(Cl)nc2c1C. The Morgan fingerprint density at radius 2 is 1.95 bits per heavy atom. The molecule has 0 aliphatic heterocycles. The molecule has 0 amide bonds. The van der Waals surface area contributed by atoms with Gasteiger partial charge in [0.05, 0.1) is 11.3 Å². The number of aromatic nitrogens is 3. The summed E-state index contributed by atoms with van der Waals surface area (Å²) in [6.45, 7) is 3.77. The number of hydrogen-bond acceptors (Lipinski definition) is 2. The molecule has 0 saturated heterocycles. The molecular formula is C14H10Cl2FN3. The van der Waals surface area contributed by atoms with Gasteiger partial charge in [-0.15, -0.1) is 0 Å². The molecule has 1 aromatic carbocycles. The van der Waals surface area contributed by atoms with Crippen LogP contribution < -0.4 is 0 Å². The topological polar surface area (TPSA) is 30.2 Å². The monoisotopic (exact) mass is 309 g/mol. The smallest absolute Gasteiger partial charge is 0.161 e. The summed E-state index contributed by atoms with van der Waals surface area (Å²) in [7, 11) is 0. The third-order valence-electron chi connectivity index (χ3n) is 3.24. The molecule has 0 radical (unpaired) electrons. The van der Waals surface area contributed by atoms with Crippen LogP contribution in [0.1, 0.15) is 11.3 Å². The summed E-state index contributed by atoms with van der Waals surface area (Å²) in [6, 6.07) is 6.05. The molecule has 0 saturated carbocycles. The van der Waals surface area contributed by atoms with Crippen molar-refractivity contribution in [2.24, 2.45) is 0 Å². The normalized spacial score (nSPS) is 11.2. The van der Waals surface area contributed by atoms with Crippen LogP contribution in [0.4, 0.5) is 4.39 Å². The first-order chi connectivity index (χ1) is 9.49. The largest absolute Gasteiger partial charge is 0.216 e. The maximum absolute atomic E-state index is 13.4. The fraction of sp³-hybridized carbons (Fsp3) is 0.143. The van der Waals surface area contributed by atoms with E-state index in [9.17, 15) is 4.39 Å². The zero-order chi connectivity index (χ0) is 14.4. The first kappa shape index (κ1) is 13.3. The molecule has 2 heterocycles. The van der Waals surface area contributed by atoms with Gasteiger partial charge >= 0.3 is 0 Å². The van der Waals surface area contributed by atoms with Crippen LogP contribution in [-0.4, -0.2) is 14.6 Å². The lowest BCUT2D eigenvalue weighted by atomic mass is 10.1. The fourth-order valence-corrected chi connectivity index (χ4v) is 2.73. The van der Waals surface area contributed by atoms with Crippen molar-refractivity contribution in [2.45, 2.75) is 13.8 Å². The van der Waals surface area contributed by atoms with E-state index in [1.807, 2.05) is 13.8 Å². The second kappa shape index (κ2) is 4.72. The average molecular weight is 310 g/mol. The average Bonchev–Trinajstić information content (AvgIpc) is 2.67. The Bertz CT molecular complexity index is 827. The first-order valence-electron chi connectivity index (χ1n) is 5.96. The van der Waals surface area contributed by atoms with E-state index in [1.165, 1.54) is 16.6 Å². The van der Waals surface area contributed by atoms with E-state index in [2.05, 4.69) is 10.1 Å². The van der Waals surface area contributed by atoms with Crippen LogP contribution in [0.5, 0.6) is 0 Å².